The first-order chi connectivity index (χ1) is 15.9. The zero-order valence-corrected chi connectivity index (χ0v) is 19.3. The minimum absolute atomic E-state index is 0.0739. The normalized spacial score (nSPS) is 11.2. The number of benzene rings is 1. The second-order valence-corrected chi connectivity index (χ2v) is 8.47. The molecule has 0 aliphatic rings. The zero-order valence-electron chi connectivity index (χ0n) is 19.3. The molecule has 4 rings (SSSR count). The first kappa shape index (κ1) is 22.5. The van der Waals surface area contributed by atoms with Crippen LogP contribution < -0.4 is 16.4 Å². The third-order valence-corrected chi connectivity index (χ3v) is 5.94. The van der Waals surface area contributed by atoms with Crippen molar-refractivity contribution in [3.63, 3.8) is 0 Å². The van der Waals surface area contributed by atoms with Gasteiger partial charge in [-0.2, -0.15) is 0 Å². The van der Waals surface area contributed by atoms with Gasteiger partial charge in [-0.05, 0) is 43.5 Å². The summed E-state index contributed by atoms with van der Waals surface area (Å²) in [5, 5.41) is 12.0. The van der Waals surface area contributed by atoms with E-state index in [1.165, 1.54) is 10.5 Å². The molecular formula is C26H29N5O2. The lowest BCUT2D eigenvalue weighted by Crippen LogP contribution is -2.35. The summed E-state index contributed by atoms with van der Waals surface area (Å²) in [6, 6.07) is 13.1. The van der Waals surface area contributed by atoms with Crippen LogP contribution in [0.15, 0.2) is 53.5 Å². The molecule has 3 aromatic heterocycles. The summed E-state index contributed by atoms with van der Waals surface area (Å²) in [7, 11) is 0. The van der Waals surface area contributed by atoms with Gasteiger partial charge in [0.05, 0.1) is 10.9 Å². The van der Waals surface area contributed by atoms with Gasteiger partial charge in [-0.3, -0.25) is 19.4 Å². The van der Waals surface area contributed by atoms with Crippen LogP contribution in [-0.4, -0.2) is 19.9 Å². The van der Waals surface area contributed by atoms with E-state index < -0.39 is 0 Å². The smallest absolute Gasteiger partial charge is 0.267 e. The van der Waals surface area contributed by atoms with Crippen LogP contribution in [-0.2, 0) is 13.1 Å². The number of aromatic nitrogens is 3. The highest BCUT2D eigenvalue weighted by atomic mass is 16.1. The van der Waals surface area contributed by atoms with Gasteiger partial charge in [-0.15, -0.1) is 0 Å². The van der Waals surface area contributed by atoms with E-state index in [1.807, 2.05) is 44.2 Å². The van der Waals surface area contributed by atoms with Crippen LogP contribution in [0.25, 0.3) is 16.7 Å². The molecule has 2 N–H and O–H groups in total. The van der Waals surface area contributed by atoms with E-state index in [0.29, 0.717) is 29.8 Å². The molecule has 0 unspecified atom stereocenters. The first-order valence-corrected chi connectivity index (χ1v) is 11.3. The highest BCUT2D eigenvalue weighted by Crippen LogP contribution is 2.14. The predicted octanol–water partition coefficient (Wildman–Crippen LogP) is 3.87. The van der Waals surface area contributed by atoms with Crippen molar-refractivity contribution in [1.82, 2.24) is 19.3 Å². The molecule has 0 aliphatic carbocycles. The molecular weight excluding hydrogens is 414 g/mol. The van der Waals surface area contributed by atoms with E-state index in [4.69, 9.17) is 10.4 Å². The quantitative estimate of drug-likeness (QED) is 0.335. The van der Waals surface area contributed by atoms with E-state index in [2.05, 4.69) is 12.2 Å². The summed E-state index contributed by atoms with van der Waals surface area (Å²) in [6.45, 7) is 6.90. The summed E-state index contributed by atoms with van der Waals surface area (Å²) >= 11 is 0. The van der Waals surface area contributed by atoms with Crippen molar-refractivity contribution in [2.24, 2.45) is 0 Å². The Morgan fingerprint density at radius 2 is 1.85 bits per heavy atom. The number of carbonyl (C=O) groups excluding carboxylic acids is 1. The molecule has 1 aromatic carbocycles. The Morgan fingerprint density at radius 1 is 1.09 bits per heavy atom. The summed E-state index contributed by atoms with van der Waals surface area (Å²) < 4.78 is 3.21. The van der Waals surface area contributed by atoms with Crippen molar-refractivity contribution in [3.05, 3.63) is 86.8 Å². The number of nitrogens with zero attached hydrogens (tertiary/aromatic N) is 3. The van der Waals surface area contributed by atoms with Crippen LogP contribution in [0.2, 0.25) is 0 Å². The summed E-state index contributed by atoms with van der Waals surface area (Å²) in [5.41, 5.74) is 4.03. The standard InChI is InChI=1S/C26H29N5O2/c1-4-5-6-13-30-22(27)20(25(32)28-16-19-11-9-17(2)10-12-19)15-21-24(30)29-23-18(3)8-7-14-31(23)26(21)33/h7-12,14-15,27H,4-6,13,16H2,1-3H3,(H,28,32). The summed E-state index contributed by atoms with van der Waals surface area (Å²) in [6.07, 6.45) is 4.54. The molecule has 1 amide bonds. The van der Waals surface area contributed by atoms with Gasteiger partial charge in [0.1, 0.15) is 16.8 Å². The molecule has 0 bridgehead atoms. The topological polar surface area (TPSA) is 92.2 Å². The fraction of sp³-hybridized carbons (Fsp3) is 0.308. The lowest BCUT2D eigenvalue weighted by Gasteiger charge is -2.15. The van der Waals surface area contributed by atoms with Crippen LogP contribution in [0.3, 0.4) is 0 Å². The maximum atomic E-state index is 13.3. The summed E-state index contributed by atoms with van der Waals surface area (Å²) in [4.78, 5) is 31.2. The molecule has 0 saturated heterocycles. The van der Waals surface area contributed by atoms with E-state index >= 15 is 0 Å². The zero-order chi connectivity index (χ0) is 23.5. The SMILES string of the molecule is CCCCCn1c(=N)c(C(=O)NCc2ccc(C)cc2)cc2c(=O)n3cccc(C)c3nc21. The molecule has 33 heavy (non-hydrogen) atoms. The number of hydrogen-bond donors (Lipinski definition) is 2. The molecule has 0 aliphatic heterocycles. The number of aryl methyl sites for hydroxylation is 3. The number of amides is 1. The molecule has 0 spiro atoms. The van der Waals surface area contributed by atoms with Crippen LogP contribution in [0.1, 0.15) is 53.2 Å². The number of unbranched alkanes of at least 4 members (excludes halogenated alkanes) is 2. The number of hydrogen-bond acceptors (Lipinski definition) is 4. The average molecular weight is 444 g/mol. The van der Waals surface area contributed by atoms with E-state index in [0.717, 1.165) is 36.0 Å². The number of pyridine rings is 2. The largest absolute Gasteiger partial charge is 0.348 e. The highest BCUT2D eigenvalue weighted by Gasteiger charge is 2.18. The van der Waals surface area contributed by atoms with E-state index in [-0.39, 0.29) is 22.5 Å². The van der Waals surface area contributed by atoms with Gasteiger partial charge in [0.25, 0.3) is 11.5 Å². The van der Waals surface area contributed by atoms with Gasteiger partial charge >= 0.3 is 0 Å². The predicted molar refractivity (Wildman–Crippen MR) is 129 cm³/mol. The monoisotopic (exact) mass is 443 g/mol. The molecule has 3 heterocycles. The van der Waals surface area contributed by atoms with Gasteiger partial charge < -0.3 is 9.88 Å². The Kier molecular flexibility index (Phi) is 6.40. The van der Waals surface area contributed by atoms with Gasteiger partial charge in [0.15, 0.2) is 0 Å². The minimum atomic E-state index is -0.375. The van der Waals surface area contributed by atoms with Gasteiger partial charge in [-0.1, -0.05) is 55.7 Å². The summed E-state index contributed by atoms with van der Waals surface area (Å²) in [5.74, 6) is -0.375. The third-order valence-electron chi connectivity index (χ3n) is 5.94. The Bertz CT molecular complexity index is 1450. The van der Waals surface area contributed by atoms with Crippen molar-refractivity contribution >= 4 is 22.6 Å². The Morgan fingerprint density at radius 3 is 2.58 bits per heavy atom. The number of fused-ring (bicyclic) bond motifs is 2. The van der Waals surface area contributed by atoms with Crippen molar-refractivity contribution in [2.75, 3.05) is 0 Å². The fourth-order valence-electron chi connectivity index (χ4n) is 3.99. The number of nitrogens with one attached hydrogen (secondary N) is 2. The molecule has 4 aromatic rings. The minimum Gasteiger partial charge on any atom is -0.348 e. The Balaban J connectivity index is 1.83. The van der Waals surface area contributed by atoms with Crippen LogP contribution >= 0.6 is 0 Å². The fourth-order valence-corrected chi connectivity index (χ4v) is 3.99. The second kappa shape index (κ2) is 9.40. The maximum Gasteiger partial charge on any atom is 0.267 e. The molecule has 0 radical (unpaired) electrons. The lowest BCUT2D eigenvalue weighted by molar-refractivity contribution is 0.0948. The highest BCUT2D eigenvalue weighted by molar-refractivity contribution is 5.96. The van der Waals surface area contributed by atoms with E-state index in [1.54, 1.807) is 16.8 Å². The van der Waals surface area contributed by atoms with Gasteiger partial charge in [0, 0.05) is 19.3 Å². The lowest BCUT2D eigenvalue weighted by atomic mass is 10.1. The number of carbonyl (C=O) groups is 1. The van der Waals surface area contributed by atoms with Crippen molar-refractivity contribution in [2.45, 2.75) is 53.1 Å². The molecule has 0 saturated carbocycles. The molecule has 170 valence electrons. The Labute approximate surface area is 192 Å². The van der Waals surface area contributed by atoms with Crippen molar-refractivity contribution < 1.29 is 4.79 Å². The first-order valence-electron chi connectivity index (χ1n) is 11.3. The Hall–Kier alpha value is -3.74. The van der Waals surface area contributed by atoms with Crippen molar-refractivity contribution in [1.29, 1.82) is 5.41 Å². The van der Waals surface area contributed by atoms with Gasteiger partial charge in [-0.25, -0.2) is 4.98 Å². The second-order valence-electron chi connectivity index (χ2n) is 8.47. The van der Waals surface area contributed by atoms with Gasteiger partial charge in [0.2, 0.25) is 0 Å². The van der Waals surface area contributed by atoms with Crippen LogP contribution in [0.4, 0.5) is 0 Å². The molecule has 0 fully saturated rings. The third kappa shape index (κ3) is 4.44. The van der Waals surface area contributed by atoms with E-state index in [9.17, 15) is 9.59 Å². The maximum absolute atomic E-state index is 13.3. The molecule has 7 nitrogen and oxygen atoms in total. The van der Waals surface area contributed by atoms with Crippen molar-refractivity contribution in [3.8, 4) is 0 Å². The van der Waals surface area contributed by atoms with Crippen LogP contribution in [0, 0.1) is 19.3 Å². The molecule has 7 heteroatoms. The average Bonchev–Trinajstić information content (AvgIpc) is 2.81. The number of rotatable bonds is 7. The molecule has 0 atom stereocenters. The van der Waals surface area contributed by atoms with Crippen LogP contribution in [0.5, 0.6) is 0 Å².